The number of ether oxygens (including phenoxy) is 2. The van der Waals surface area contributed by atoms with Crippen molar-refractivity contribution in [2.45, 2.75) is 32.5 Å². The van der Waals surface area contributed by atoms with Gasteiger partial charge in [0.2, 0.25) is 0 Å². The van der Waals surface area contributed by atoms with E-state index in [9.17, 15) is 4.79 Å². The maximum atomic E-state index is 11.8. The maximum Gasteiger partial charge on any atom is 0.274 e. The van der Waals surface area contributed by atoms with Crippen LogP contribution in [0.3, 0.4) is 0 Å². The van der Waals surface area contributed by atoms with Gasteiger partial charge in [-0.3, -0.25) is 4.79 Å². The van der Waals surface area contributed by atoms with Gasteiger partial charge < -0.3 is 9.47 Å². The molecule has 1 aromatic carbocycles. The van der Waals surface area contributed by atoms with Gasteiger partial charge in [-0.2, -0.15) is 0 Å². The molecule has 0 saturated carbocycles. The van der Waals surface area contributed by atoms with E-state index in [4.69, 9.17) is 14.3 Å². The van der Waals surface area contributed by atoms with E-state index in [0.717, 1.165) is 25.0 Å². The number of carbonyl (C=O) groups is 1. The Hall–Kier alpha value is -1.59. The van der Waals surface area contributed by atoms with Gasteiger partial charge in [-0.25, -0.2) is 10.3 Å². The highest BCUT2D eigenvalue weighted by Crippen LogP contribution is 2.14. The van der Waals surface area contributed by atoms with E-state index in [1.54, 1.807) is 24.3 Å². The first-order chi connectivity index (χ1) is 9.29. The molecular weight excluding hydrogens is 246 g/mol. The summed E-state index contributed by atoms with van der Waals surface area (Å²) in [6.45, 7) is 3.20. The summed E-state index contributed by atoms with van der Waals surface area (Å²) in [7, 11) is 0. The van der Waals surface area contributed by atoms with E-state index < -0.39 is 0 Å². The van der Waals surface area contributed by atoms with Crippen molar-refractivity contribution in [2.75, 3.05) is 13.2 Å². The Kier molecular flexibility index (Phi) is 5.18. The number of hydrogen-bond acceptors (Lipinski definition) is 4. The lowest BCUT2D eigenvalue weighted by Gasteiger charge is -2.22. The molecule has 1 N–H and O–H groups in total. The molecule has 1 unspecified atom stereocenters. The zero-order valence-electron chi connectivity index (χ0n) is 11.1. The molecule has 0 bridgehead atoms. The maximum absolute atomic E-state index is 11.8. The summed E-state index contributed by atoms with van der Waals surface area (Å²) in [6.07, 6.45) is 2.58. The normalized spacial score (nSPS) is 18.9. The van der Waals surface area contributed by atoms with Gasteiger partial charge in [0.1, 0.15) is 5.75 Å². The van der Waals surface area contributed by atoms with E-state index in [0.29, 0.717) is 18.8 Å². The number of rotatable bonds is 5. The summed E-state index contributed by atoms with van der Waals surface area (Å²) in [5.74, 6) is 0.466. The average molecular weight is 265 g/mol. The second kappa shape index (κ2) is 7.11. The third-order valence-electron chi connectivity index (χ3n) is 2.85. The van der Waals surface area contributed by atoms with Crippen LogP contribution in [0, 0.1) is 0 Å². The molecule has 2 rings (SSSR count). The number of nitrogens with one attached hydrogen (secondary N) is 1. The van der Waals surface area contributed by atoms with Crippen molar-refractivity contribution < 1.29 is 19.1 Å². The molecule has 1 fully saturated rings. The zero-order valence-corrected chi connectivity index (χ0v) is 11.1. The molecule has 1 heterocycles. The number of hydrogen-bond donors (Lipinski definition) is 1. The smallest absolute Gasteiger partial charge is 0.274 e. The number of hydroxylamine groups is 1. The van der Waals surface area contributed by atoms with E-state index in [1.165, 1.54) is 0 Å². The molecule has 1 aliphatic heterocycles. The van der Waals surface area contributed by atoms with Crippen LogP contribution in [0.4, 0.5) is 0 Å². The van der Waals surface area contributed by atoms with Gasteiger partial charge >= 0.3 is 0 Å². The molecule has 0 aromatic heterocycles. The highest BCUT2D eigenvalue weighted by atomic mass is 16.8. The van der Waals surface area contributed by atoms with Crippen molar-refractivity contribution in [3.63, 3.8) is 0 Å². The Morgan fingerprint density at radius 2 is 2.16 bits per heavy atom. The van der Waals surface area contributed by atoms with Crippen molar-refractivity contribution in [2.24, 2.45) is 0 Å². The second-order valence-corrected chi connectivity index (χ2v) is 4.30. The molecule has 5 heteroatoms. The number of amides is 1. The molecule has 0 spiro atoms. The predicted octanol–water partition coefficient (Wildman–Crippen LogP) is 2.27. The van der Waals surface area contributed by atoms with E-state index >= 15 is 0 Å². The molecule has 1 aliphatic rings. The summed E-state index contributed by atoms with van der Waals surface area (Å²) in [6, 6.07) is 6.92. The van der Waals surface area contributed by atoms with Crippen molar-refractivity contribution in [1.29, 1.82) is 0 Å². The quantitative estimate of drug-likeness (QED) is 0.830. The standard InChI is InChI=1S/C14H19NO4/c1-2-17-12-8-6-11(7-9-12)14(16)15-19-13-5-3-4-10-18-13/h6-9,13H,2-5,10H2,1H3,(H,15,16). The van der Waals surface area contributed by atoms with Crippen LogP contribution >= 0.6 is 0 Å². The minimum atomic E-state index is -0.333. The third-order valence-corrected chi connectivity index (χ3v) is 2.85. The Morgan fingerprint density at radius 1 is 1.37 bits per heavy atom. The fraction of sp³-hybridized carbons (Fsp3) is 0.500. The Morgan fingerprint density at radius 3 is 2.79 bits per heavy atom. The lowest BCUT2D eigenvalue weighted by atomic mass is 10.2. The van der Waals surface area contributed by atoms with Crippen LogP contribution in [0.1, 0.15) is 36.5 Å². The van der Waals surface area contributed by atoms with Crippen LogP contribution in [0.5, 0.6) is 5.75 Å². The first-order valence-corrected chi connectivity index (χ1v) is 6.60. The summed E-state index contributed by atoms with van der Waals surface area (Å²) in [5.41, 5.74) is 2.94. The SMILES string of the molecule is CCOc1ccc(C(=O)NOC2CCCCO2)cc1. The van der Waals surface area contributed by atoms with Gasteiger partial charge in [0.15, 0.2) is 6.29 Å². The van der Waals surface area contributed by atoms with Crippen LogP contribution in [0.25, 0.3) is 0 Å². The van der Waals surface area contributed by atoms with Crippen LogP contribution < -0.4 is 10.2 Å². The second-order valence-electron chi connectivity index (χ2n) is 4.30. The van der Waals surface area contributed by atoms with Gasteiger partial charge in [0.05, 0.1) is 6.61 Å². The first-order valence-electron chi connectivity index (χ1n) is 6.60. The van der Waals surface area contributed by atoms with Gasteiger partial charge in [0, 0.05) is 18.6 Å². The minimum absolute atomic E-state index is 0.280. The first kappa shape index (κ1) is 13.8. The zero-order chi connectivity index (χ0) is 13.5. The molecule has 104 valence electrons. The Bertz CT molecular complexity index is 398. The van der Waals surface area contributed by atoms with Gasteiger partial charge in [-0.15, -0.1) is 0 Å². The average Bonchev–Trinajstić information content (AvgIpc) is 2.47. The van der Waals surface area contributed by atoms with Gasteiger partial charge in [-0.05, 0) is 44.0 Å². The molecule has 19 heavy (non-hydrogen) atoms. The molecule has 1 atom stereocenters. The molecule has 1 saturated heterocycles. The van der Waals surface area contributed by atoms with Crippen LogP contribution in [0.15, 0.2) is 24.3 Å². The van der Waals surface area contributed by atoms with E-state index in [1.807, 2.05) is 6.92 Å². The summed E-state index contributed by atoms with van der Waals surface area (Å²) < 4.78 is 10.7. The van der Waals surface area contributed by atoms with Gasteiger partial charge in [0.25, 0.3) is 5.91 Å². The van der Waals surface area contributed by atoms with Crippen LogP contribution in [-0.4, -0.2) is 25.4 Å². The van der Waals surface area contributed by atoms with Crippen molar-refractivity contribution in [3.8, 4) is 5.75 Å². The Balaban J connectivity index is 1.81. The fourth-order valence-electron chi connectivity index (χ4n) is 1.85. The predicted molar refractivity (Wildman–Crippen MR) is 69.8 cm³/mol. The van der Waals surface area contributed by atoms with Crippen molar-refractivity contribution in [1.82, 2.24) is 5.48 Å². The molecule has 1 aromatic rings. The van der Waals surface area contributed by atoms with Crippen molar-refractivity contribution >= 4 is 5.91 Å². The lowest BCUT2D eigenvalue weighted by molar-refractivity contribution is -0.186. The summed E-state index contributed by atoms with van der Waals surface area (Å²) in [4.78, 5) is 17.0. The van der Waals surface area contributed by atoms with E-state index in [2.05, 4.69) is 5.48 Å². The highest BCUT2D eigenvalue weighted by Gasteiger charge is 2.16. The van der Waals surface area contributed by atoms with Gasteiger partial charge in [-0.1, -0.05) is 0 Å². The number of carbonyl (C=O) groups excluding carboxylic acids is 1. The number of benzene rings is 1. The largest absolute Gasteiger partial charge is 0.494 e. The molecular formula is C14H19NO4. The summed E-state index contributed by atoms with van der Waals surface area (Å²) in [5, 5.41) is 0. The van der Waals surface area contributed by atoms with Crippen LogP contribution in [-0.2, 0) is 9.57 Å². The molecule has 0 aliphatic carbocycles. The van der Waals surface area contributed by atoms with Crippen LogP contribution in [0.2, 0.25) is 0 Å². The topological polar surface area (TPSA) is 56.8 Å². The molecule has 0 radical (unpaired) electrons. The molecule has 1 amide bonds. The van der Waals surface area contributed by atoms with Crippen molar-refractivity contribution in [3.05, 3.63) is 29.8 Å². The lowest BCUT2D eigenvalue weighted by Crippen LogP contribution is -2.33. The molecule has 5 nitrogen and oxygen atoms in total. The summed E-state index contributed by atoms with van der Waals surface area (Å²) >= 11 is 0. The Labute approximate surface area is 112 Å². The monoisotopic (exact) mass is 265 g/mol. The third kappa shape index (κ3) is 4.22. The fourth-order valence-corrected chi connectivity index (χ4v) is 1.85. The minimum Gasteiger partial charge on any atom is -0.494 e. The van der Waals surface area contributed by atoms with E-state index in [-0.39, 0.29) is 12.2 Å². The highest BCUT2D eigenvalue weighted by molar-refractivity contribution is 5.93.